The van der Waals surface area contributed by atoms with Crippen molar-refractivity contribution in [2.24, 2.45) is 4.99 Å². The van der Waals surface area contributed by atoms with E-state index in [1.54, 1.807) is 0 Å². The van der Waals surface area contributed by atoms with Crippen LogP contribution >= 0.6 is 9.24 Å². The maximum absolute atomic E-state index is 4.00. The molecule has 1 aliphatic heterocycles. The van der Waals surface area contributed by atoms with Gasteiger partial charge in [-0.2, -0.15) is 0 Å². The van der Waals surface area contributed by atoms with Gasteiger partial charge in [0.2, 0.25) is 0 Å². The summed E-state index contributed by atoms with van der Waals surface area (Å²) in [5.41, 5.74) is 0.995. The lowest BCUT2D eigenvalue weighted by molar-refractivity contribution is 0.963. The van der Waals surface area contributed by atoms with Crippen LogP contribution in [0.5, 0.6) is 0 Å². The molecule has 0 saturated heterocycles. The predicted octanol–water partition coefficient (Wildman–Crippen LogP) is -0.179. The first-order valence-corrected chi connectivity index (χ1v) is 2.51. The summed E-state index contributed by atoms with van der Waals surface area (Å²) in [6.07, 6.45) is 0. The van der Waals surface area contributed by atoms with Gasteiger partial charge in [0, 0.05) is 6.54 Å². The lowest BCUT2D eigenvalue weighted by Crippen LogP contribution is -2.11. The van der Waals surface area contributed by atoms with Crippen LogP contribution in [0.25, 0.3) is 0 Å². The summed E-state index contributed by atoms with van der Waals surface area (Å²) in [5.74, 6) is 0. The smallest absolute Gasteiger partial charge is 0.113 e. The number of hydrogen-bond donors (Lipinski definition) is 1. The normalized spacial score (nSPS) is 19.8. The van der Waals surface area contributed by atoms with Crippen LogP contribution in [0.1, 0.15) is 0 Å². The summed E-state index contributed by atoms with van der Waals surface area (Å²) >= 11 is 0. The summed E-state index contributed by atoms with van der Waals surface area (Å²) in [6.45, 7) is 1.96. The molecule has 0 amide bonds. The second-order valence-corrected chi connectivity index (χ2v) is 1.74. The Hall–Kier alpha value is -0.100. The van der Waals surface area contributed by atoms with Crippen molar-refractivity contribution in [3.63, 3.8) is 0 Å². The van der Waals surface area contributed by atoms with Crippen molar-refractivity contribution in [1.29, 1.82) is 0 Å². The van der Waals surface area contributed by atoms with Gasteiger partial charge in [-0.25, -0.2) is 0 Å². The Bertz CT molecular complexity index is 78.9. The average Bonchev–Trinajstić information content (AvgIpc) is 1.86. The molecule has 1 unspecified atom stereocenters. The fourth-order valence-electron chi connectivity index (χ4n) is 0.416. The van der Waals surface area contributed by atoms with Gasteiger partial charge < -0.3 is 5.32 Å². The fourth-order valence-corrected chi connectivity index (χ4v) is 0.690. The Morgan fingerprint density at radius 2 is 2.67 bits per heavy atom. The first kappa shape index (κ1) is 4.07. The summed E-state index contributed by atoms with van der Waals surface area (Å²) in [7, 11) is 2.51. The Morgan fingerprint density at radius 3 is 2.83 bits per heavy atom. The number of aliphatic imine (C=N–C) groups is 1. The van der Waals surface area contributed by atoms with E-state index in [-0.39, 0.29) is 0 Å². The van der Waals surface area contributed by atoms with Crippen molar-refractivity contribution in [2.75, 3.05) is 13.1 Å². The summed E-state index contributed by atoms with van der Waals surface area (Å²) < 4.78 is 0. The van der Waals surface area contributed by atoms with Gasteiger partial charge in [0.15, 0.2) is 0 Å². The zero-order valence-electron chi connectivity index (χ0n) is 3.44. The van der Waals surface area contributed by atoms with Crippen LogP contribution in [0.2, 0.25) is 0 Å². The summed E-state index contributed by atoms with van der Waals surface area (Å²) in [6, 6.07) is 0. The maximum Gasteiger partial charge on any atom is 0.113 e. The standard InChI is InChI=1S/C3H7N2P/c6-3-4-1-2-5-3/h1-2,6H2,(H,4,5). The van der Waals surface area contributed by atoms with Crippen molar-refractivity contribution < 1.29 is 0 Å². The van der Waals surface area contributed by atoms with Gasteiger partial charge in [0.25, 0.3) is 0 Å². The van der Waals surface area contributed by atoms with Gasteiger partial charge in [-0.15, -0.1) is 0 Å². The lowest BCUT2D eigenvalue weighted by atomic mass is 10.7. The Morgan fingerprint density at radius 1 is 1.83 bits per heavy atom. The predicted molar refractivity (Wildman–Crippen MR) is 30.0 cm³/mol. The van der Waals surface area contributed by atoms with E-state index < -0.39 is 0 Å². The SMILES string of the molecule is PC1=NCCN1. The molecule has 1 atom stereocenters. The van der Waals surface area contributed by atoms with E-state index in [0.29, 0.717) is 0 Å². The summed E-state index contributed by atoms with van der Waals surface area (Å²) in [4.78, 5) is 4.00. The molecule has 1 heterocycles. The minimum absolute atomic E-state index is 0.943. The van der Waals surface area contributed by atoms with Crippen LogP contribution < -0.4 is 5.32 Å². The number of hydrogen-bond acceptors (Lipinski definition) is 2. The van der Waals surface area contributed by atoms with Crippen LogP contribution in [0.3, 0.4) is 0 Å². The average molecular weight is 102 g/mol. The van der Waals surface area contributed by atoms with Gasteiger partial charge in [-0.05, 0) is 0 Å². The van der Waals surface area contributed by atoms with Gasteiger partial charge in [0.1, 0.15) is 5.58 Å². The van der Waals surface area contributed by atoms with E-state index in [9.17, 15) is 0 Å². The summed E-state index contributed by atoms with van der Waals surface area (Å²) in [5, 5.41) is 3.03. The lowest BCUT2D eigenvalue weighted by Gasteiger charge is -1.85. The number of amidine groups is 1. The molecule has 1 rings (SSSR count). The molecular formula is C3H7N2P. The van der Waals surface area contributed by atoms with Gasteiger partial charge in [-0.3, -0.25) is 4.99 Å². The zero-order valence-corrected chi connectivity index (χ0v) is 4.59. The molecule has 0 fully saturated rings. The van der Waals surface area contributed by atoms with Gasteiger partial charge >= 0.3 is 0 Å². The molecule has 0 aromatic heterocycles. The van der Waals surface area contributed by atoms with E-state index in [2.05, 4.69) is 19.5 Å². The molecule has 0 aromatic carbocycles. The third-order valence-corrected chi connectivity index (χ3v) is 1.09. The minimum atomic E-state index is 0.943. The first-order valence-electron chi connectivity index (χ1n) is 1.93. The van der Waals surface area contributed by atoms with Crippen LogP contribution in [-0.2, 0) is 0 Å². The third kappa shape index (κ3) is 0.689. The van der Waals surface area contributed by atoms with Crippen LogP contribution in [0, 0.1) is 0 Å². The van der Waals surface area contributed by atoms with Crippen molar-refractivity contribution in [1.82, 2.24) is 5.32 Å². The molecule has 0 aliphatic carbocycles. The monoisotopic (exact) mass is 102 g/mol. The number of rotatable bonds is 0. The van der Waals surface area contributed by atoms with Crippen molar-refractivity contribution >= 4 is 14.8 Å². The Kier molecular flexibility index (Phi) is 1.06. The highest BCUT2D eigenvalue weighted by molar-refractivity contribution is 7.40. The highest BCUT2D eigenvalue weighted by Gasteiger charge is 1.93. The van der Waals surface area contributed by atoms with E-state index >= 15 is 0 Å². The molecule has 0 radical (unpaired) electrons. The molecule has 34 valence electrons. The maximum atomic E-state index is 4.00. The minimum Gasteiger partial charge on any atom is -0.369 e. The molecule has 3 heteroatoms. The molecular weight excluding hydrogens is 95.0 g/mol. The van der Waals surface area contributed by atoms with E-state index in [1.807, 2.05) is 0 Å². The molecule has 0 saturated carbocycles. The van der Waals surface area contributed by atoms with Crippen LogP contribution in [-0.4, -0.2) is 18.7 Å². The molecule has 0 bridgehead atoms. The highest BCUT2D eigenvalue weighted by Crippen LogP contribution is 1.90. The molecule has 2 nitrogen and oxygen atoms in total. The van der Waals surface area contributed by atoms with Gasteiger partial charge in [0.05, 0.1) is 6.54 Å². The van der Waals surface area contributed by atoms with Crippen LogP contribution in [0.4, 0.5) is 0 Å². The zero-order chi connectivity index (χ0) is 4.41. The topological polar surface area (TPSA) is 24.4 Å². The van der Waals surface area contributed by atoms with Crippen molar-refractivity contribution in [3.8, 4) is 0 Å². The highest BCUT2D eigenvalue weighted by atomic mass is 31.0. The Balaban J connectivity index is 2.45. The van der Waals surface area contributed by atoms with E-state index in [1.165, 1.54) is 0 Å². The molecule has 0 spiro atoms. The first-order chi connectivity index (χ1) is 2.89. The number of nitrogens with one attached hydrogen (secondary N) is 1. The largest absolute Gasteiger partial charge is 0.369 e. The Labute approximate surface area is 39.2 Å². The quantitative estimate of drug-likeness (QED) is 0.421. The van der Waals surface area contributed by atoms with Crippen LogP contribution in [0.15, 0.2) is 4.99 Å². The molecule has 0 aromatic rings. The van der Waals surface area contributed by atoms with Crippen molar-refractivity contribution in [2.45, 2.75) is 0 Å². The third-order valence-electron chi connectivity index (χ3n) is 0.700. The van der Waals surface area contributed by atoms with E-state index in [4.69, 9.17) is 0 Å². The van der Waals surface area contributed by atoms with E-state index in [0.717, 1.165) is 18.7 Å². The van der Waals surface area contributed by atoms with Gasteiger partial charge in [-0.1, -0.05) is 9.24 Å². The second-order valence-electron chi connectivity index (χ2n) is 1.19. The molecule has 1 N–H and O–H groups in total. The second kappa shape index (κ2) is 1.57. The number of nitrogens with zero attached hydrogens (tertiary/aromatic N) is 1. The fraction of sp³-hybridized carbons (Fsp3) is 0.667. The molecule has 1 aliphatic rings. The molecule has 6 heavy (non-hydrogen) atoms. The van der Waals surface area contributed by atoms with Crippen molar-refractivity contribution in [3.05, 3.63) is 0 Å².